The molecule has 1 aromatic rings. The molecule has 0 amide bonds. The Morgan fingerprint density at radius 3 is 2.42 bits per heavy atom. The monoisotopic (exact) mass is 269 g/mol. The first-order valence-corrected chi connectivity index (χ1v) is 6.76. The first-order chi connectivity index (χ1) is 9.08. The third kappa shape index (κ3) is 3.56. The van der Waals surface area contributed by atoms with Gasteiger partial charge >= 0.3 is 0 Å². The highest BCUT2D eigenvalue weighted by atomic mass is 19.1. The molecule has 0 radical (unpaired) electrons. The Morgan fingerprint density at radius 2 is 1.84 bits per heavy atom. The van der Waals surface area contributed by atoms with E-state index in [4.69, 9.17) is 5.73 Å². The number of anilines is 2. The fraction of sp³-hybridized carbons (Fsp3) is 0.571. The number of nitrogens with zero attached hydrogens (tertiary/aromatic N) is 1. The van der Waals surface area contributed by atoms with Gasteiger partial charge in [-0.15, -0.1) is 0 Å². The highest BCUT2D eigenvalue weighted by Crippen LogP contribution is 2.23. The van der Waals surface area contributed by atoms with Gasteiger partial charge in [0.25, 0.3) is 0 Å². The van der Waals surface area contributed by atoms with E-state index >= 15 is 0 Å². The van der Waals surface area contributed by atoms with Crippen LogP contribution >= 0.6 is 0 Å². The minimum Gasteiger partial charge on any atom is -0.399 e. The lowest BCUT2D eigenvalue weighted by molar-refractivity contribution is 0.254. The van der Waals surface area contributed by atoms with Gasteiger partial charge in [-0.05, 0) is 32.0 Å². The molecule has 1 fully saturated rings. The van der Waals surface area contributed by atoms with Gasteiger partial charge in [0.1, 0.15) is 5.69 Å². The number of benzene rings is 1. The summed E-state index contributed by atoms with van der Waals surface area (Å²) in [7, 11) is 2.06. The molecule has 0 spiro atoms. The number of hydrogen-bond acceptors (Lipinski definition) is 3. The average molecular weight is 269 g/mol. The van der Waals surface area contributed by atoms with E-state index in [0.29, 0.717) is 12.6 Å². The molecule has 0 aliphatic heterocycles. The third-order valence-corrected chi connectivity index (χ3v) is 3.78. The molecule has 0 saturated heterocycles. The van der Waals surface area contributed by atoms with Gasteiger partial charge in [0.05, 0.1) is 0 Å². The zero-order valence-electron chi connectivity index (χ0n) is 11.3. The van der Waals surface area contributed by atoms with Crippen molar-refractivity contribution in [3.63, 3.8) is 0 Å². The SMILES string of the molecule is CN(CCNc1c(F)cc(N)cc1F)C1CCCC1. The van der Waals surface area contributed by atoms with Gasteiger partial charge in [-0.1, -0.05) is 12.8 Å². The second-order valence-electron chi connectivity index (χ2n) is 5.21. The molecule has 1 saturated carbocycles. The zero-order chi connectivity index (χ0) is 13.8. The Hall–Kier alpha value is -1.36. The van der Waals surface area contributed by atoms with Crippen molar-refractivity contribution in [3.8, 4) is 0 Å². The van der Waals surface area contributed by atoms with Gasteiger partial charge in [-0.2, -0.15) is 0 Å². The Labute approximate surface area is 112 Å². The van der Waals surface area contributed by atoms with E-state index in [1.807, 2.05) is 0 Å². The summed E-state index contributed by atoms with van der Waals surface area (Å²) in [6.45, 7) is 1.29. The van der Waals surface area contributed by atoms with Crippen LogP contribution in [-0.2, 0) is 0 Å². The molecule has 0 aromatic heterocycles. The van der Waals surface area contributed by atoms with E-state index in [1.54, 1.807) is 0 Å². The van der Waals surface area contributed by atoms with Crippen molar-refractivity contribution in [2.75, 3.05) is 31.2 Å². The van der Waals surface area contributed by atoms with Crippen LogP contribution in [0.3, 0.4) is 0 Å². The minimum absolute atomic E-state index is 0.0889. The molecule has 1 aliphatic carbocycles. The molecule has 5 heteroatoms. The predicted molar refractivity (Wildman–Crippen MR) is 74.1 cm³/mol. The van der Waals surface area contributed by atoms with Crippen LogP contribution in [0.4, 0.5) is 20.2 Å². The van der Waals surface area contributed by atoms with E-state index in [-0.39, 0.29) is 11.4 Å². The summed E-state index contributed by atoms with van der Waals surface area (Å²) >= 11 is 0. The summed E-state index contributed by atoms with van der Waals surface area (Å²) in [4.78, 5) is 2.26. The largest absolute Gasteiger partial charge is 0.399 e. The van der Waals surface area contributed by atoms with Crippen LogP contribution in [0.15, 0.2) is 12.1 Å². The summed E-state index contributed by atoms with van der Waals surface area (Å²) in [5.41, 5.74) is 5.38. The van der Waals surface area contributed by atoms with Crippen molar-refractivity contribution in [1.29, 1.82) is 0 Å². The number of likely N-dealkylation sites (N-methyl/N-ethyl adjacent to an activating group) is 1. The number of hydrogen-bond donors (Lipinski definition) is 2. The summed E-state index contributed by atoms with van der Waals surface area (Å²) in [5, 5.41) is 2.82. The van der Waals surface area contributed by atoms with E-state index < -0.39 is 11.6 Å². The number of nitrogens with one attached hydrogen (secondary N) is 1. The molecule has 106 valence electrons. The molecule has 19 heavy (non-hydrogen) atoms. The molecular weight excluding hydrogens is 248 g/mol. The highest BCUT2D eigenvalue weighted by Gasteiger charge is 2.19. The Bertz CT molecular complexity index is 408. The molecule has 2 rings (SSSR count). The third-order valence-electron chi connectivity index (χ3n) is 3.78. The summed E-state index contributed by atoms with van der Waals surface area (Å²) in [6.07, 6.45) is 5.01. The van der Waals surface area contributed by atoms with Crippen molar-refractivity contribution in [2.24, 2.45) is 0 Å². The Morgan fingerprint density at radius 1 is 1.26 bits per heavy atom. The topological polar surface area (TPSA) is 41.3 Å². The summed E-state index contributed by atoms with van der Waals surface area (Å²) in [6, 6.07) is 2.88. The standard InChI is InChI=1S/C14H21F2N3/c1-19(11-4-2-3-5-11)7-6-18-14-12(15)8-10(17)9-13(14)16/h8-9,11,18H,2-7,17H2,1H3. The van der Waals surface area contributed by atoms with Gasteiger partial charge in [-0.3, -0.25) is 0 Å². The highest BCUT2D eigenvalue weighted by molar-refractivity contribution is 5.54. The van der Waals surface area contributed by atoms with Gasteiger partial charge in [-0.25, -0.2) is 8.78 Å². The van der Waals surface area contributed by atoms with Crippen LogP contribution in [0.2, 0.25) is 0 Å². The van der Waals surface area contributed by atoms with Gasteiger partial charge in [0, 0.05) is 24.8 Å². The number of halogens is 2. The van der Waals surface area contributed by atoms with Crippen LogP contribution < -0.4 is 11.1 Å². The van der Waals surface area contributed by atoms with E-state index in [2.05, 4.69) is 17.3 Å². The van der Waals surface area contributed by atoms with Gasteiger partial charge < -0.3 is 16.0 Å². The summed E-state index contributed by atoms with van der Waals surface area (Å²) in [5.74, 6) is -1.28. The quantitative estimate of drug-likeness (QED) is 0.808. The fourth-order valence-electron chi connectivity index (χ4n) is 2.65. The van der Waals surface area contributed by atoms with Crippen LogP contribution in [0.25, 0.3) is 0 Å². The first kappa shape index (κ1) is 14.1. The molecule has 3 nitrogen and oxygen atoms in total. The average Bonchev–Trinajstić information content (AvgIpc) is 2.85. The van der Waals surface area contributed by atoms with Crippen LogP contribution in [-0.4, -0.2) is 31.1 Å². The normalized spacial score (nSPS) is 16.2. The van der Waals surface area contributed by atoms with Crippen molar-refractivity contribution in [1.82, 2.24) is 4.90 Å². The van der Waals surface area contributed by atoms with Crippen molar-refractivity contribution < 1.29 is 8.78 Å². The second kappa shape index (κ2) is 6.19. The van der Waals surface area contributed by atoms with E-state index in [1.165, 1.54) is 25.7 Å². The molecule has 1 aromatic carbocycles. The van der Waals surface area contributed by atoms with Crippen molar-refractivity contribution >= 4 is 11.4 Å². The maximum absolute atomic E-state index is 13.5. The van der Waals surface area contributed by atoms with Crippen molar-refractivity contribution in [3.05, 3.63) is 23.8 Å². The van der Waals surface area contributed by atoms with E-state index in [9.17, 15) is 8.78 Å². The Kier molecular flexibility index (Phi) is 4.58. The number of nitrogen functional groups attached to an aromatic ring is 1. The smallest absolute Gasteiger partial charge is 0.151 e. The molecule has 0 unspecified atom stereocenters. The molecule has 3 N–H and O–H groups in total. The zero-order valence-corrected chi connectivity index (χ0v) is 11.3. The van der Waals surface area contributed by atoms with Gasteiger partial charge in [0.15, 0.2) is 11.6 Å². The minimum atomic E-state index is -0.638. The fourth-order valence-corrected chi connectivity index (χ4v) is 2.65. The Balaban J connectivity index is 1.85. The molecule has 0 bridgehead atoms. The first-order valence-electron chi connectivity index (χ1n) is 6.76. The molecular formula is C14H21F2N3. The van der Waals surface area contributed by atoms with Crippen molar-refractivity contribution in [2.45, 2.75) is 31.7 Å². The van der Waals surface area contributed by atoms with Crippen LogP contribution in [0, 0.1) is 11.6 Å². The van der Waals surface area contributed by atoms with Gasteiger partial charge in [0.2, 0.25) is 0 Å². The lowest BCUT2D eigenvalue weighted by atomic mass is 10.2. The molecule has 0 heterocycles. The molecule has 1 aliphatic rings. The second-order valence-corrected chi connectivity index (χ2v) is 5.21. The van der Waals surface area contributed by atoms with Crippen LogP contribution in [0.1, 0.15) is 25.7 Å². The number of rotatable bonds is 5. The summed E-state index contributed by atoms with van der Waals surface area (Å²) < 4.78 is 27.1. The lowest BCUT2D eigenvalue weighted by Crippen LogP contribution is -2.33. The lowest BCUT2D eigenvalue weighted by Gasteiger charge is -2.24. The maximum Gasteiger partial charge on any atom is 0.151 e. The molecule has 0 atom stereocenters. The predicted octanol–water partition coefficient (Wildman–Crippen LogP) is 2.83. The van der Waals surface area contributed by atoms with Crippen LogP contribution in [0.5, 0.6) is 0 Å². The maximum atomic E-state index is 13.5. The van der Waals surface area contributed by atoms with E-state index in [0.717, 1.165) is 18.7 Å². The number of nitrogens with two attached hydrogens (primary N) is 1.